The molecule has 0 unspecified atom stereocenters. The van der Waals surface area contributed by atoms with E-state index in [1.54, 1.807) is 6.92 Å². The van der Waals surface area contributed by atoms with Crippen molar-refractivity contribution in [2.45, 2.75) is 26.9 Å². The van der Waals surface area contributed by atoms with Gasteiger partial charge in [0.25, 0.3) is 0 Å². The summed E-state index contributed by atoms with van der Waals surface area (Å²) in [4.78, 5) is 4.57. The molecule has 130 valence electrons. The molecule has 4 heteroatoms. The Labute approximate surface area is 147 Å². The summed E-state index contributed by atoms with van der Waals surface area (Å²) in [6, 6.07) is 15.8. The number of aliphatic hydroxyl groups is 1. The summed E-state index contributed by atoms with van der Waals surface area (Å²) in [7, 11) is 0. The first-order chi connectivity index (χ1) is 12.1. The molecule has 0 fully saturated rings. The molecular weight excluding hydrogens is 314 g/mol. The lowest BCUT2D eigenvalue weighted by Crippen LogP contribution is -2.11. The molecule has 0 saturated heterocycles. The van der Waals surface area contributed by atoms with E-state index in [-0.39, 0.29) is 0 Å². The second-order valence-electron chi connectivity index (χ2n) is 6.14. The van der Waals surface area contributed by atoms with Gasteiger partial charge in [0.1, 0.15) is 17.1 Å². The Hall–Kier alpha value is -2.59. The van der Waals surface area contributed by atoms with E-state index in [9.17, 15) is 5.11 Å². The van der Waals surface area contributed by atoms with Gasteiger partial charge in [0, 0.05) is 17.0 Å². The smallest absolute Gasteiger partial charge is 0.137 e. The van der Waals surface area contributed by atoms with Crippen molar-refractivity contribution >= 4 is 11.0 Å². The summed E-state index contributed by atoms with van der Waals surface area (Å²) in [5.41, 5.74) is 2.94. The van der Waals surface area contributed by atoms with E-state index in [1.165, 1.54) is 5.56 Å². The third kappa shape index (κ3) is 4.09. The molecule has 1 aromatic heterocycles. The molecule has 3 aromatic rings. The second-order valence-corrected chi connectivity index (χ2v) is 6.14. The molecule has 2 aromatic carbocycles. The number of aliphatic hydroxyl groups excluding tert-OH is 1. The van der Waals surface area contributed by atoms with Crippen LogP contribution < -0.4 is 10.1 Å². The van der Waals surface area contributed by atoms with Crippen molar-refractivity contribution in [3.63, 3.8) is 0 Å². The van der Waals surface area contributed by atoms with E-state index in [4.69, 9.17) is 9.15 Å². The lowest BCUT2D eigenvalue weighted by atomic mass is 10.1. The lowest BCUT2D eigenvalue weighted by Gasteiger charge is -2.08. The summed E-state index contributed by atoms with van der Waals surface area (Å²) >= 11 is 0. The van der Waals surface area contributed by atoms with Crippen LogP contribution in [0.4, 0.5) is 0 Å². The monoisotopic (exact) mass is 337 g/mol. The minimum atomic E-state index is -0.495. The molecule has 1 heterocycles. The van der Waals surface area contributed by atoms with Gasteiger partial charge in [0.15, 0.2) is 0 Å². The Morgan fingerprint density at radius 2 is 1.88 bits per heavy atom. The number of nitrogens with zero attached hydrogens (tertiary/aromatic N) is 1. The minimum Gasteiger partial charge on any atom is -0.494 e. The minimum absolute atomic E-state index is 0.339. The average Bonchev–Trinajstić information content (AvgIpc) is 2.60. The van der Waals surface area contributed by atoms with Crippen LogP contribution in [0.15, 0.2) is 57.9 Å². The lowest BCUT2D eigenvalue weighted by molar-refractivity contribution is 0.203. The van der Waals surface area contributed by atoms with Crippen molar-refractivity contribution < 1.29 is 14.3 Å². The highest BCUT2D eigenvalue weighted by Crippen LogP contribution is 2.25. The van der Waals surface area contributed by atoms with Crippen LogP contribution in [-0.4, -0.2) is 24.4 Å². The number of fused-ring (bicyclic) bond motifs is 1. The van der Waals surface area contributed by atoms with Crippen molar-refractivity contribution in [1.82, 2.24) is 0 Å². The average molecular weight is 337 g/mol. The largest absolute Gasteiger partial charge is 0.494 e. The van der Waals surface area contributed by atoms with Gasteiger partial charge in [-0.1, -0.05) is 29.8 Å². The molecule has 0 aliphatic heterocycles. The van der Waals surface area contributed by atoms with Crippen LogP contribution in [0, 0.1) is 6.92 Å². The molecular formula is C21H23NO3. The highest BCUT2D eigenvalue weighted by molar-refractivity contribution is 5.80. The van der Waals surface area contributed by atoms with Gasteiger partial charge in [-0.05, 0) is 39.0 Å². The number of benzene rings is 2. The molecule has 3 rings (SSSR count). The van der Waals surface area contributed by atoms with Gasteiger partial charge in [-0.3, -0.25) is 4.99 Å². The molecule has 1 atom stereocenters. The van der Waals surface area contributed by atoms with Crippen LogP contribution in [0.2, 0.25) is 0 Å². The second kappa shape index (κ2) is 7.53. The highest BCUT2D eigenvalue weighted by Gasteiger charge is 2.08. The quantitative estimate of drug-likeness (QED) is 0.763. The SMILES string of the molecule is CCOc1ccc2oc(-c3ccc(C)cc3)cc(=NC[C@@H](C)O)c2c1. The van der Waals surface area contributed by atoms with Gasteiger partial charge in [-0.25, -0.2) is 0 Å². The van der Waals surface area contributed by atoms with Gasteiger partial charge < -0.3 is 14.3 Å². The van der Waals surface area contributed by atoms with E-state index in [1.807, 2.05) is 43.3 Å². The number of rotatable bonds is 5. The van der Waals surface area contributed by atoms with Crippen molar-refractivity contribution in [2.24, 2.45) is 4.99 Å². The summed E-state index contributed by atoms with van der Waals surface area (Å²) in [5.74, 6) is 1.53. The Balaban J connectivity index is 2.19. The molecule has 0 spiro atoms. The fourth-order valence-corrected chi connectivity index (χ4v) is 2.63. The Bertz CT molecular complexity index is 924. The standard InChI is InChI=1S/C21H23NO3/c1-4-24-17-9-10-20-18(11-17)19(22-13-15(3)23)12-21(25-20)16-7-5-14(2)6-8-16/h5-12,15,23H,4,13H2,1-3H3/t15-/m1/s1. The van der Waals surface area contributed by atoms with Gasteiger partial charge in [-0.2, -0.15) is 0 Å². The maximum absolute atomic E-state index is 9.60. The number of hydrogen-bond acceptors (Lipinski definition) is 4. The van der Waals surface area contributed by atoms with Gasteiger partial charge >= 0.3 is 0 Å². The molecule has 0 saturated carbocycles. The van der Waals surface area contributed by atoms with Crippen LogP contribution in [0.3, 0.4) is 0 Å². The first kappa shape index (κ1) is 17.2. The van der Waals surface area contributed by atoms with Crippen molar-refractivity contribution in [2.75, 3.05) is 13.2 Å². The number of aryl methyl sites for hydroxylation is 1. The van der Waals surface area contributed by atoms with E-state index in [0.717, 1.165) is 33.4 Å². The van der Waals surface area contributed by atoms with Gasteiger partial charge in [0.2, 0.25) is 0 Å². The van der Waals surface area contributed by atoms with Crippen LogP contribution in [0.25, 0.3) is 22.3 Å². The highest BCUT2D eigenvalue weighted by atomic mass is 16.5. The Morgan fingerprint density at radius 3 is 2.56 bits per heavy atom. The normalized spacial score (nSPS) is 13.2. The van der Waals surface area contributed by atoms with Gasteiger partial charge in [-0.15, -0.1) is 0 Å². The maximum atomic E-state index is 9.60. The predicted octanol–water partition coefficient (Wildman–Crippen LogP) is 4.09. The first-order valence-electron chi connectivity index (χ1n) is 8.53. The molecule has 1 N–H and O–H groups in total. The Morgan fingerprint density at radius 1 is 1.12 bits per heavy atom. The van der Waals surface area contributed by atoms with Crippen LogP contribution in [-0.2, 0) is 0 Å². The van der Waals surface area contributed by atoms with Crippen LogP contribution in [0.1, 0.15) is 19.4 Å². The van der Waals surface area contributed by atoms with E-state index >= 15 is 0 Å². The molecule has 0 aliphatic rings. The zero-order valence-corrected chi connectivity index (χ0v) is 14.8. The van der Waals surface area contributed by atoms with E-state index < -0.39 is 6.10 Å². The molecule has 4 nitrogen and oxygen atoms in total. The predicted molar refractivity (Wildman–Crippen MR) is 99.7 cm³/mol. The fraction of sp³-hybridized carbons (Fsp3) is 0.286. The Kier molecular flexibility index (Phi) is 5.19. The molecule has 0 bridgehead atoms. The summed E-state index contributed by atoms with van der Waals surface area (Å²) < 4.78 is 11.7. The third-order valence-electron chi connectivity index (χ3n) is 3.89. The zero-order chi connectivity index (χ0) is 17.8. The topological polar surface area (TPSA) is 55.0 Å². The van der Waals surface area contributed by atoms with Crippen molar-refractivity contribution in [1.29, 1.82) is 0 Å². The van der Waals surface area contributed by atoms with Gasteiger partial charge in [0.05, 0.1) is 24.6 Å². The van der Waals surface area contributed by atoms with Crippen LogP contribution >= 0.6 is 0 Å². The molecule has 0 amide bonds. The van der Waals surface area contributed by atoms with E-state index in [2.05, 4.69) is 24.0 Å². The summed E-state index contributed by atoms with van der Waals surface area (Å²) in [6.07, 6.45) is -0.495. The molecule has 25 heavy (non-hydrogen) atoms. The molecule has 0 radical (unpaired) electrons. The molecule has 0 aliphatic carbocycles. The summed E-state index contributed by atoms with van der Waals surface area (Å²) in [5, 5.41) is 11.3. The van der Waals surface area contributed by atoms with Crippen molar-refractivity contribution in [3.05, 3.63) is 59.5 Å². The third-order valence-corrected chi connectivity index (χ3v) is 3.89. The summed E-state index contributed by atoms with van der Waals surface area (Å²) in [6.45, 7) is 6.68. The van der Waals surface area contributed by atoms with Crippen molar-refractivity contribution in [3.8, 4) is 17.1 Å². The van der Waals surface area contributed by atoms with Crippen LogP contribution in [0.5, 0.6) is 5.75 Å². The fourth-order valence-electron chi connectivity index (χ4n) is 2.63. The number of ether oxygens (including phenoxy) is 1. The first-order valence-corrected chi connectivity index (χ1v) is 8.53. The zero-order valence-electron chi connectivity index (χ0n) is 14.8. The maximum Gasteiger partial charge on any atom is 0.137 e. The number of hydrogen-bond donors (Lipinski definition) is 1. The van der Waals surface area contributed by atoms with E-state index in [0.29, 0.717) is 13.2 Å².